The average molecular weight is 484 g/mol. The summed E-state index contributed by atoms with van der Waals surface area (Å²) in [7, 11) is 0. The van der Waals surface area contributed by atoms with Gasteiger partial charge in [-0.2, -0.15) is 0 Å². The number of Topliss-reactive ketones (excluding diaryl/α,β-unsaturated/α-hetero) is 1. The minimum atomic E-state index is -1.04. The molecule has 1 saturated carbocycles. The van der Waals surface area contributed by atoms with E-state index >= 15 is 0 Å². The SMILES string of the molecule is CC1CCC(C(=O)C(C2=C(C(=O)O)CC(C#CC(C)(C)C)=C2)[C@@H](C)C(=O)N2CCOCC2C)CC1. The number of carbonyl (C=O) groups excluding carboxylic acids is 2. The van der Waals surface area contributed by atoms with E-state index in [1.165, 1.54) is 0 Å². The summed E-state index contributed by atoms with van der Waals surface area (Å²) in [4.78, 5) is 41.7. The van der Waals surface area contributed by atoms with E-state index in [1.807, 2.05) is 27.7 Å². The number of hydrogen-bond acceptors (Lipinski definition) is 4. The molecule has 6 nitrogen and oxygen atoms in total. The molecule has 1 N–H and O–H groups in total. The summed E-state index contributed by atoms with van der Waals surface area (Å²) in [5, 5.41) is 10.1. The molecule has 0 bridgehead atoms. The lowest BCUT2D eigenvalue weighted by atomic mass is 9.72. The maximum absolute atomic E-state index is 14.0. The van der Waals surface area contributed by atoms with Gasteiger partial charge in [-0.3, -0.25) is 9.59 Å². The highest BCUT2D eigenvalue weighted by Crippen LogP contribution is 2.40. The van der Waals surface area contributed by atoms with E-state index in [1.54, 1.807) is 17.9 Å². The van der Waals surface area contributed by atoms with Crippen LogP contribution < -0.4 is 0 Å². The summed E-state index contributed by atoms with van der Waals surface area (Å²) in [6.07, 6.45) is 5.52. The second-order valence-electron chi connectivity index (χ2n) is 11.7. The molecule has 2 aliphatic carbocycles. The molecule has 1 saturated heterocycles. The first-order chi connectivity index (χ1) is 16.4. The predicted octanol–water partition coefficient (Wildman–Crippen LogP) is 4.64. The Balaban J connectivity index is 2.01. The van der Waals surface area contributed by atoms with Crippen molar-refractivity contribution >= 4 is 17.7 Å². The fourth-order valence-electron chi connectivity index (χ4n) is 5.37. The number of allylic oxidation sites excluding steroid dienone is 3. The van der Waals surface area contributed by atoms with Crippen LogP contribution in [-0.4, -0.2) is 53.5 Å². The Labute approximate surface area is 210 Å². The molecular weight excluding hydrogens is 442 g/mol. The van der Waals surface area contributed by atoms with Gasteiger partial charge in [-0.25, -0.2) is 4.79 Å². The Morgan fingerprint density at radius 1 is 1.14 bits per heavy atom. The fraction of sp³-hybridized carbons (Fsp3) is 0.690. The third kappa shape index (κ3) is 6.64. The van der Waals surface area contributed by atoms with E-state index in [9.17, 15) is 19.5 Å². The van der Waals surface area contributed by atoms with Crippen molar-refractivity contribution in [3.05, 3.63) is 22.8 Å². The molecule has 2 unspecified atom stereocenters. The third-order valence-corrected chi connectivity index (χ3v) is 7.50. The van der Waals surface area contributed by atoms with E-state index in [0.717, 1.165) is 25.7 Å². The van der Waals surface area contributed by atoms with Gasteiger partial charge in [0.2, 0.25) is 5.91 Å². The Kier molecular flexibility index (Phi) is 8.64. The summed E-state index contributed by atoms with van der Waals surface area (Å²) < 4.78 is 5.50. The maximum atomic E-state index is 14.0. The zero-order chi connectivity index (χ0) is 25.9. The number of nitrogens with zero attached hydrogens (tertiary/aromatic N) is 1. The zero-order valence-electron chi connectivity index (χ0n) is 22.1. The van der Waals surface area contributed by atoms with E-state index < -0.39 is 17.8 Å². The van der Waals surface area contributed by atoms with Crippen LogP contribution in [0, 0.1) is 40.9 Å². The highest BCUT2D eigenvalue weighted by molar-refractivity contribution is 5.97. The van der Waals surface area contributed by atoms with Crippen LogP contribution >= 0.6 is 0 Å². The Morgan fingerprint density at radius 3 is 2.37 bits per heavy atom. The van der Waals surface area contributed by atoms with Crippen LogP contribution in [0.25, 0.3) is 0 Å². The zero-order valence-corrected chi connectivity index (χ0v) is 22.1. The van der Waals surface area contributed by atoms with Crippen LogP contribution in [0.3, 0.4) is 0 Å². The van der Waals surface area contributed by atoms with Crippen molar-refractivity contribution in [2.24, 2.45) is 29.1 Å². The first-order valence-electron chi connectivity index (χ1n) is 13.0. The molecule has 1 heterocycles. The van der Waals surface area contributed by atoms with Gasteiger partial charge >= 0.3 is 5.97 Å². The van der Waals surface area contributed by atoms with Crippen LogP contribution in [0.1, 0.15) is 73.6 Å². The molecule has 0 aromatic rings. The number of carbonyl (C=O) groups is 3. The molecule has 0 aromatic carbocycles. The number of ketones is 1. The first kappa shape index (κ1) is 27.2. The van der Waals surface area contributed by atoms with Crippen LogP contribution in [0.5, 0.6) is 0 Å². The molecule has 1 aliphatic heterocycles. The lowest BCUT2D eigenvalue weighted by Gasteiger charge is -2.38. The Bertz CT molecular complexity index is 965. The standard InChI is InChI=1S/C29H41NO5/c1-18-7-9-22(10-8-18)26(31)25(20(3)27(32)30-13-14-35-17-19(30)2)23-15-21(11-12-29(4,5)6)16-24(23)28(33)34/h15,18-20,22,25H,7-10,13-14,16-17H2,1-6H3,(H,33,34)/t18?,19?,20-,22?,25?/m1/s1. The molecule has 0 radical (unpaired) electrons. The van der Waals surface area contributed by atoms with Gasteiger partial charge in [-0.15, -0.1) is 0 Å². The van der Waals surface area contributed by atoms with Crippen LogP contribution in [0.15, 0.2) is 22.8 Å². The van der Waals surface area contributed by atoms with Gasteiger partial charge in [0.15, 0.2) is 0 Å². The molecule has 0 spiro atoms. The predicted molar refractivity (Wildman–Crippen MR) is 135 cm³/mol. The highest BCUT2D eigenvalue weighted by Gasteiger charge is 2.42. The minimum absolute atomic E-state index is 0.00805. The monoisotopic (exact) mass is 483 g/mol. The fourth-order valence-corrected chi connectivity index (χ4v) is 5.37. The van der Waals surface area contributed by atoms with Gasteiger partial charge in [0.1, 0.15) is 5.78 Å². The summed E-state index contributed by atoms with van der Waals surface area (Å²) in [5.74, 6) is 4.18. The number of amides is 1. The van der Waals surface area contributed by atoms with Crippen LogP contribution in [0.4, 0.5) is 0 Å². The molecule has 1 amide bonds. The second kappa shape index (κ2) is 11.1. The molecule has 3 rings (SSSR count). The molecule has 3 atom stereocenters. The average Bonchev–Trinajstić information content (AvgIpc) is 3.22. The molecule has 6 heteroatoms. The number of aliphatic carboxylic acids is 1. The Hall–Kier alpha value is -2.39. The van der Waals surface area contributed by atoms with Crippen molar-refractivity contribution in [1.82, 2.24) is 4.90 Å². The number of carboxylic acids is 1. The first-order valence-corrected chi connectivity index (χ1v) is 13.0. The number of ether oxygens (including phenoxy) is 1. The van der Waals surface area contributed by atoms with Crippen molar-refractivity contribution in [3.63, 3.8) is 0 Å². The lowest BCUT2D eigenvalue weighted by molar-refractivity contribution is -0.147. The molecule has 2 fully saturated rings. The van der Waals surface area contributed by atoms with Crippen molar-refractivity contribution in [2.45, 2.75) is 79.7 Å². The molecular formula is C29H41NO5. The van der Waals surface area contributed by atoms with Gasteiger partial charge < -0.3 is 14.7 Å². The van der Waals surface area contributed by atoms with E-state index in [-0.39, 0.29) is 41.1 Å². The van der Waals surface area contributed by atoms with Gasteiger partial charge in [-0.05, 0) is 58.1 Å². The molecule has 35 heavy (non-hydrogen) atoms. The highest BCUT2D eigenvalue weighted by atomic mass is 16.5. The number of carboxylic acid groups (broad SMARTS) is 1. The van der Waals surface area contributed by atoms with Crippen molar-refractivity contribution < 1.29 is 24.2 Å². The molecule has 3 aliphatic rings. The van der Waals surface area contributed by atoms with Crippen LogP contribution in [0.2, 0.25) is 0 Å². The maximum Gasteiger partial charge on any atom is 0.332 e. The largest absolute Gasteiger partial charge is 0.478 e. The van der Waals surface area contributed by atoms with Gasteiger partial charge in [0.05, 0.1) is 25.2 Å². The smallest absolute Gasteiger partial charge is 0.332 e. The summed E-state index contributed by atoms with van der Waals surface area (Å²) in [5.41, 5.74) is 1.14. The molecule has 192 valence electrons. The Morgan fingerprint density at radius 2 is 1.80 bits per heavy atom. The van der Waals surface area contributed by atoms with Crippen molar-refractivity contribution in [3.8, 4) is 11.8 Å². The van der Waals surface area contributed by atoms with Crippen LogP contribution in [-0.2, 0) is 19.1 Å². The van der Waals surface area contributed by atoms with Crippen molar-refractivity contribution in [1.29, 1.82) is 0 Å². The summed E-state index contributed by atoms with van der Waals surface area (Å²) in [6.45, 7) is 13.4. The topological polar surface area (TPSA) is 83.9 Å². The number of morpholine rings is 1. The number of hydrogen-bond donors (Lipinski definition) is 1. The van der Waals surface area contributed by atoms with Gasteiger partial charge in [0, 0.05) is 41.4 Å². The van der Waals surface area contributed by atoms with E-state index in [2.05, 4.69) is 18.8 Å². The number of rotatable bonds is 6. The normalized spacial score (nSPS) is 27.0. The lowest BCUT2D eigenvalue weighted by Crippen LogP contribution is -2.51. The second-order valence-corrected chi connectivity index (χ2v) is 11.7. The summed E-state index contributed by atoms with van der Waals surface area (Å²) >= 11 is 0. The molecule has 0 aromatic heterocycles. The summed E-state index contributed by atoms with van der Waals surface area (Å²) in [6, 6.07) is -0.0785. The third-order valence-electron chi connectivity index (χ3n) is 7.50. The van der Waals surface area contributed by atoms with Gasteiger partial charge in [-0.1, -0.05) is 38.5 Å². The van der Waals surface area contributed by atoms with Gasteiger partial charge in [0.25, 0.3) is 0 Å². The van der Waals surface area contributed by atoms with E-state index in [4.69, 9.17) is 4.74 Å². The quantitative estimate of drug-likeness (QED) is 0.557. The van der Waals surface area contributed by atoms with E-state index in [0.29, 0.717) is 36.8 Å². The van der Waals surface area contributed by atoms with Crippen molar-refractivity contribution in [2.75, 3.05) is 19.8 Å². The minimum Gasteiger partial charge on any atom is -0.478 e.